The molecule has 0 aliphatic carbocycles. The quantitative estimate of drug-likeness (QED) is 0.784. The molecule has 3 rings (SSSR count). The summed E-state index contributed by atoms with van der Waals surface area (Å²) in [6.45, 7) is 3.92. The Morgan fingerprint density at radius 2 is 2.00 bits per heavy atom. The van der Waals surface area contributed by atoms with Crippen LogP contribution in [0.4, 0.5) is 5.69 Å². The Bertz CT molecular complexity index is 650. The standard InChI is InChI=1S/C15H15N3O/c1-15(2)11-7-6-10(12-5-4-8-16-17-12)9-13(11)18(3)14(15)19/h4-9H,1-3H3. The third-order valence-corrected chi connectivity index (χ3v) is 3.74. The Morgan fingerprint density at radius 1 is 1.21 bits per heavy atom. The average Bonchev–Trinajstić information content (AvgIpc) is 2.61. The van der Waals surface area contributed by atoms with Crippen LogP contribution in [0.2, 0.25) is 0 Å². The number of fused-ring (bicyclic) bond motifs is 1. The molecule has 0 saturated carbocycles. The van der Waals surface area contributed by atoms with Gasteiger partial charge in [-0.1, -0.05) is 12.1 Å². The van der Waals surface area contributed by atoms with E-state index in [-0.39, 0.29) is 5.91 Å². The average molecular weight is 253 g/mol. The summed E-state index contributed by atoms with van der Waals surface area (Å²) in [5.41, 5.74) is 3.36. The Labute approximate surface area is 112 Å². The summed E-state index contributed by atoms with van der Waals surface area (Å²) in [4.78, 5) is 13.9. The summed E-state index contributed by atoms with van der Waals surface area (Å²) >= 11 is 0. The van der Waals surface area contributed by atoms with E-state index in [4.69, 9.17) is 0 Å². The van der Waals surface area contributed by atoms with Gasteiger partial charge in [0.05, 0.1) is 11.1 Å². The van der Waals surface area contributed by atoms with Crippen LogP contribution in [0.5, 0.6) is 0 Å². The predicted octanol–water partition coefficient (Wildman–Crippen LogP) is 2.40. The molecular formula is C15H15N3O. The van der Waals surface area contributed by atoms with Crippen LogP contribution in [0, 0.1) is 0 Å². The van der Waals surface area contributed by atoms with Crippen molar-refractivity contribution in [2.45, 2.75) is 19.3 Å². The monoisotopic (exact) mass is 253 g/mol. The second-order valence-corrected chi connectivity index (χ2v) is 5.33. The summed E-state index contributed by atoms with van der Waals surface area (Å²) in [6, 6.07) is 9.79. The van der Waals surface area contributed by atoms with Crippen molar-refractivity contribution in [1.82, 2.24) is 10.2 Å². The molecule has 0 N–H and O–H groups in total. The van der Waals surface area contributed by atoms with Crippen molar-refractivity contribution < 1.29 is 4.79 Å². The van der Waals surface area contributed by atoms with Crippen LogP contribution < -0.4 is 4.90 Å². The highest BCUT2D eigenvalue weighted by molar-refractivity contribution is 6.07. The fourth-order valence-electron chi connectivity index (χ4n) is 2.60. The molecule has 4 nitrogen and oxygen atoms in total. The largest absolute Gasteiger partial charge is 0.314 e. The lowest BCUT2D eigenvalue weighted by Crippen LogP contribution is -2.33. The molecule has 96 valence electrons. The fourth-order valence-corrected chi connectivity index (χ4v) is 2.60. The van der Waals surface area contributed by atoms with Crippen LogP contribution in [0.25, 0.3) is 11.3 Å². The van der Waals surface area contributed by atoms with E-state index in [9.17, 15) is 4.79 Å². The molecule has 1 aromatic carbocycles. The van der Waals surface area contributed by atoms with Crippen molar-refractivity contribution >= 4 is 11.6 Å². The smallest absolute Gasteiger partial charge is 0.236 e. The van der Waals surface area contributed by atoms with Crippen molar-refractivity contribution in [3.8, 4) is 11.3 Å². The SMILES string of the molecule is CN1C(=O)C(C)(C)c2ccc(-c3cccnn3)cc21. The topological polar surface area (TPSA) is 46.1 Å². The molecule has 2 aromatic rings. The Morgan fingerprint density at radius 3 is 2.68 bits per heavy atom. The van der Waals surface area contributed by atoms with E-state index in [0.29, 0.717) is 0 Å². The minimum atomic E-state index is -0.453. The van der Waals surface area contributed by atoms with Gasteiger partial charge in [-0.25, -0.2) is 0 Å². The van der Waals surface area contributed by atoms with Gasteiger partial charge in [0.1, 0.15) is 0 Å². The number of carbonyl (C=O) groups excluding carboxylic acids is 1. The van der Waals surface area contributed by atoms with Crippen molar-refractivity contribution in [2.24, 2.45) is 0 Å². The lowest BCUT2D eigenvalue weighted by atomic mass is 9.86. The molecule has 1 amide bonds. The van der Waals surface area contributed by atoms with Crippen molar-refractivity contribution in [3.05, 3.63) is 42.1 Å². The van der Waals surface area contributed by atoms with Crippen LogP contribution in [0.1, 0.15) is 19.4 Å². The van der Waals surface area contributed by atoms with Crippen molar-refractivity contribution in [2.75, 3.05) is 11.9 Å². The molecule has 0 fully saturated rings. The molecule has 2 heterocycles. The highest BCUT2D eigenvalue weighted by Gasteiger charge is 2.42. The highest BCUT2D eigenvalue weighted by Crippen LogP contribution is 2.42. The van der Waals surface area contributed by atoms with Crippen molar-refractivity contribution in [1.29, 1.82) is 0 Å². The first-order valence-corrected chi connectivity index (χ1v) is 6.22. The zero-order valence-electron chi connectivity index (χ0n) is 11.2. The Hall–Kier alpha value is -2.23. The molecule has 0 atom stereocenters. The van der Waals surface area contributed by atoms with E-state index in [0.717, 1.165) is 22.5 Å². The highest BCUT2D eigenvalue weighted by atomic mass is 16.2. The Kier molecular flexibility index (Phi) is 2.42. The first kappa shape index (κ1) is 11.8. The molecule has 1 aliphatic heterocycles. The van der Waals surface area contributed by atoms with E-state index in [1.54, 1.807) is 11.1 Å². The molecular weight excluding hydrogens is 238 g/mol. The van der Waals surface area contributed by atoms with Gasteiger partial charge >= 0.3 is 0 Å². The Balaban J connectivity index is 2.15. The number of nitrogens with zero attached hydrogens (tertiary/aromatic N) is 3. The van der Waals surface area contributed by atoms with Gasteiger partial charge < -0.3 is 4.90 Å². The number of anilines is 1. The number of likely N-dealkylation sites (N-methyl/N-ethyl adjacent to an activating group) is 1. The summed E-state index contributed by atoms with van der Waals surface area (Å²) in [5.74, 6) is 0.124. The normalized spacial score (nSPS) is 16.6. The molecule has 19 heavy (non-hydrogen) atoms. The molecule has 4 heteroatoms. The maximum atomic E-state index is 12.2. The molecule has 0 spiro atoms. The molecule has 1 aromatic heterocycles. The van der Waals surface area contributed by atoms with Gasteiger partial charge in [-0.2, -0.15) is 10.2 Å². The van der Waals surface area contributed by atoms with Crippen LogP contribution in [-0.4, -0.2) is 23.2 Å². The van der Waals surface area contributed by atoms with E-state index in [2.05, 4.69) is 10.2 Å². The minimum absolute atomic E-state index is 0.124. The van der Waals surface area contributed by atoms with E-state index < -0.39 is 5.41 Å². The van der Waals surface area contributed by atoms with Crippen LogP contribution in [0.3, 0.4) is 0 Å². The zero-order chi connectivity index (χ0) is 13.6. The second kappa shape index (κ2) is 3.88. The summed E-state index contributed by atoms with van der Waals surface area (Å²) < 4.78 is 0. The van der Waals surface area contributed by atoms with Gasteiger partial charge in [-0.15, -0.1) is 0 Å². The number of hydrogen-bond acceptors (Lipinski definition) is 3. The van der Waals surface area contributed by atoms with Crippen LogP contribution in [0.15, 0.2) is 36.5 Å². The summed E-state index contributed by atoms with van der Waals surface area (Å²) in [6.07, 6.45) is 1.65. The van der Waals surface area contributed by atoms with E-state index in [1.807, 2.05) is 51.2 Å². The number of amides is 1. The van der Waals surface area contributed by atoms with Gasteiger partial charge in [-0.3, -0.25) is 4.79 Å². The summed E-state index contributed by atoms with van der Waals surface area (Å²) in [7, 11) is 1.82. The first-order chi connectivity index (χ1) is 9.01. The first-order valence-electron chi connectivity index (χ1n) is 6.22. The number of carbonyl (C=O) groups is 1. The minimum Gasteiger partial charge on any atom is -0.314 e. The fraction of sp³-hybridized carbons (Fsp3) is 0.267. The molecule has 0 saturated heterocycles. The number of aromatic nitrogens is 2. The third kappa shape index (κ3) is 1.63. The van der Waals surface area contributed by atoms with E-state index in [1.165, 1.54) is 0 Å². The van der Waals surface area contributed by atoms with Crippen LogP contribution in [-0.2, 0) is 10.2 Å². The van der Waals surface area contributed by atoms with Gasteiger partial charge in [0, 0.05) is 24.5 Å². The predicted molar refractivity (Wildman–Crippen MR) is 73.9 cm³/mol. The van der Waals surface area contributed by atoms with E-state index >= 15 is 0 Å². The summed E-state index contributed by atoms with van der Waals surface area (Å²) in [5, 5.41) is 7.99. The third-order valence-electron chi connectivity index (χ3n) is 3.74. The van der Waals surface area contributed by atoms with Gasteiger partial charge in [0.2, 0.25) is 5.91 Å². The second-order valence-electron chi connectivity index (χ2n) is 5.33. The maximum Gasteiger partial charge on any atom is 0.236 e. The number of hydrogen-bond donors (Lipinski definition) is 0. The number of benzene rings is 1. The van der Waals surface area contributed by atoms with Crippen LogP contribution >= 0.6 is 0 Å². The molecule has 1 aliphatic rings. The van der Waals surface area contributed by atoms with Gasteiger partial charge in [0.25, 0.3) is 0 Å². The van der Waals surface area contributed by atoms with Crippen molar-refractivity contribution in [3.63, 3.8) is 0 Å². The number of rotatable bonds is 1. The molecule has 0 radical (unpaired) electrons. The molecule has 0 unspecified atom stereocenters. The zero-order valence-corrected chi connectivity index (χ0v) is 11.2. The lowest BCUT2D eigenvalue weighted by molar-refractivity contribution is -0.121. The lowest BCUT2D eigenvalue weighted by Gasteiger charge is -2.16. The maximum absolute atomic E-state index is 12.2. The molecule has 0 bridgehead atoms. The van der Waals surface area contributed by atoms with Gasteiger partial charge in [0.15, 0.2) is 0 Å². The van der Waals surface area contributed by atoms with Gasteiger partial charge in [-0.05, 0) is 37.6 Å².